The largest absolute Gasteiger partial charge is 0.357 e. The number of piperidine rings is 1. The Bertz CT molecular complexity index is 996. The Morgan fingerprint density at radius 3 is 2.39 bits per heavy atom. The van der Waals surface area contributed by atoms with E-state index in [1.807, 2.05) is 52.1 Å². The molecule has 0 bridgehead atoms. The van der Waals surface area contributed by atoms with Gasteiger partial charge in [-0.1, -0.05) is 46.8 Å². The molecule has 1 aliphatic heterocycles. The van der Waals surface area contributed by atoms with Crippen molar-refractivity contribution in [2.75, 3.05) is 23.3 Å². The summed E-state index contributed by atoms with van der Waals surface area (Å²) < 4.78 is 0. The van der Waals surface area contributed by atoms with Gasteiger partial charge < -0.3 is 15.6 Å². The summed E-state index contributed by atoms with van der Waals surface area (Å²) in [5.74, 6) is 1.79. The van der Waals surface area contributed by atoms with E-state index in [9.17, 15) is 5.26 Å². The highest BCUT2D eigenvalue weighted by Gasteiger charge is 2.75. The molecule has 2 heterocycles. The highest BCUT2D eigenvalue weighted by molar-refractivity contribution is 5.88. The van der Waals surface area contributed by atoms with Gasteiger partial charge in [-0.25, -0.2) is 4.98 Å². The first-order valence-electron chi connectivity index (χ1n) is 12.6. The second kappa shape index (κ2) is 10.4. The Kier molecular flexibility index (Phi) is 7.79. The summed E-state index contributed by atoms with van der Waals surface area (Å²) in [5, 5.41) is 21.2. The summed E-state index contributed by atoms with van der Waals surface area (Å²) in [4.78, 5) is 6.93. The lowest BCUT2D eigenvalue weighted by molar-refractivity contribution is 0.436. The molecular weight excluding hydrogens is 406 g/mol. The van der Waals surface area contributed by atoms with E-state index in [0.29, 0.717) is 0 Å². The number of nitrogens with zero attached hydrogens (tertiary/aromatic N) is 3. The van der Waals surface area contributed by atoms with E-state index >= 15 is 0 Å². The fourth-order valence-corrected chi connectivity index (χ4v) is 4.97. The summed E-state index contributed by atoms with van der Waals surface area (Å²) in [5.41, 5.74) is 3.69. The molecule has 3 aliphatic rings. The normalized spacial score (nSPS) is 22.1. The molecule has 2 aliphatic carbocycles. The molecule has 1 saturated heterocycles. The van der Waals surface area contributed by atoms with E-state index in [1.165, 1.54) is 19.1 Å². The number of nitrogens with one attached hydrogen (secondary N) is 2. The predicted octanol–water partition coefficient (Wildman–Crippen LogP) is 7.06. The molecule has 1 unspecified atom stereocenters. The molecule has 1 aromatic heterocycles. The van der Waals surface area contributed by atoms with Crippen molar-refractivity contribution in [3.05, 3.63) is 47.7 Å². The highest BCUT2D eigenvalue weighted by atomic mass is 15.2. The summed E-state index contributed by atoms with van der Waals surface area (Å²) >= 11 is 0. The van der Waals surface area contributed by atoms with Crippen molar-refractivity contribution in [3.8, 4) is 6.07 Å². The summed E-state index contributed by atoms with van der Waals surface area (Å²) in [6.07, 6.45) is 8.94. The smallest absolute Gasteiger partial charge is 0.130 e. The number of hydrogen-bond acceptors (Lipinski definition) is 5. The van der Waals surface area contributed by atoms with Crippen molar-refractivity contribution >= 4 is 23.4 Å². The first-order chi connectivity index (χ1) is 16.1. The molecule has 5 nitrogen and oxygen atoms in total. The number of anilines is 3. The van der Waals surface area contributed by atoms with Gasteiger partial charge in [0.25, 0.3) is 0 Å². The first-order valence-corrected chi connectivity index (χ1v) is 12.6. The lowest BCUT2D eigenvalue weighted by atomic mass is 9.92. The minimum Gasteiger partial charge on any atom is -0.357 e. The topological polar surface area (TPSA) is 75.8 Å². The van der Waals surface area contributed by atoms with Crippen LogP contribution in [0.3, 0.4) is 0 Å². The number of pyridine rings is 1. The molecule has 1 atom stereocenters. The fraction of sp³-hybridized carbons (Fsp3) is 0.536. The Hall–Kier alpha value is -2.87. The third kappa shape index (κ3) is 4.76. The first kappa shape index (κ1) is 24.8. The number of aromatic nitrogens is 1. The summed E-state index contributed by atoms with van der Waals surface area (Å²) in [7, 11) is 0. The van der Waals surface area contributed by atoms with Crippen LogP contribution in [0.5, 0.6) is 0 Å². The summed E-state index contributed by atoms with van der Waals surface area (Å²) in [6.45, 7) is 12.4. The molecule has 1 aromatic carbocycles. The molecule has 5 rings (SSSR count). The predicted molar refractivity (Wildman–Crippen MR) is 139 cm³/mol. The van der Waals surface area contributed by atoms with Gasteiger partial charge in [-0.2, -0.15) is 5.26 Å². The van der Waals surface area contributed by atoms with Crippen molar-refractivity contribution in [1.29, 1.82) is 10.7 Å². The van der Waals surface area contributed by atoms with Crippen LogP contribution in [0.2, 0.25) is 0 Å². The highest BCUT2D eigenvalue weighted by Crippen LogP contribution is 2.78. The van der Waals surface area contributed by atoms with E-state index < -0.39 is 0 Å². The zero-order chi connectivity index (χ0) is 24.1. The van der Waals surface area contributed by atoms with Gasteiger partial charge in [0.15, 0.2) is 0 Å². The number of hydrogen-bond donors (Lipinski definition) is 2. The molecular formula is C28H39N5. The molecule has 176 valence electrons. The second-order valence-electron chi connectivity index (χ2n) is 9.12. The Morgan fingerprint density at radius 1 is 1.12 bits per heavy atom. The number of benzene rings is 1. The lowest BCUT2D eigenvalue weighted by Crippen LogP contribution is -2.33. The Balaban J connectivity index is 0.000000728. The average Bonchev–Trinajstić information content (AvgIpc) is 3.79. The van der Waals surface area contributed by atoms with Crippen LogP contribution in [-0.2, 0) is 5.41 Å². The van der Waals surface area contributed by atoms with Gasteiger partial charge in [0.1, 0.15) is 5.82 Å². The molecule has 5 heteroatoms. The van der Waals surface area contributed by atoms with Crippen LogP contribution in [0.1, 0.15) is 77.8 Å². The Labute approximate surface area is 199 Å². The molecule has 3 fully saturated rings. The van der Waals surface area contributed by atoms with Gasteiger partial charge in [0, 0.05) is 48.5 Å². The van der Waals surface area contributed by atoms with Crippen LogP contribution in [-0.4, -0.2) is 24.3 Å². The van der Waals surface area contributed by atoms with Gasteiger partial charge in [-0.15, -0.1) is 0 Å². The lowest BCUT2D eigenvalue weighted by Gasteiger charge is -2.31. The van der Waals surface area contributed by atoms with E-state index in [4.69, 9.17) is 5.41 Å². The van der Waals surface area contributed by atoms with Crippen LogP contribution in [0.25, 0.3) is 0 Å². The van der Waals surface area contributed by atoms with Crippen molar-refractivity contribution < 1.29 is 0 Å². The van der Waals surface area contributed by atoms with Crippen molar-refractivity contribution in [2.45, 2.75) is 72.1 Å². The van der Waals surface area contributed by atoms with Crippen molar-refractivity contribution in [1.82, 2.24) is 4.98 Å². The zero-order valence-electron chi connectivity index (χ0n) is 20.9. The zero-order valence-corrected chi connectivity index (χ0v) is 20.9. The molecule has 0 amide bonds. The van der Waals surface area contributed by atoms with E-state index in [1.54, 1.807) is 0 Å². The van der Waals surface area contributed by atoms with Gasteiger partial charge in [0.2, 0.25) is 0 Å². The quantitative estimate of drug-likeness (QED) is 0.483. The van der Waals surface area contributed by atoms with E-state index in [-0.39, 0.29) is 10.8 Å². The molecule has 33 heavy (non-hydrogen) atoms. The Morgan fingerprint density at radius 2 is 1.82 bits per heavy atom. The molecule has 0 radical (unpaired) electrons. The van der Waals surface area contributed by atoms with Gasteiger partial charge in [-0.05, 0) is 61.1 Å². The number of nitriles is 1. The molecule has 2 saturated carbocycles. The fourth-order valence-electron chi connectivity index (χ4n) is 4.97. The third-order valence-electron chi connectivity index (χ3n) is 7.26. The maximum atomic E-state index is 9.86. The van der Waals surface area contributed by atoms with Gasteiger partial charge in [-0.3, -0.25) is 0 Å². The van der Waals surface area contributed by atoms with Crippen LogP contribution < -0.4 is 10.2 Å². The van der Waals surface area contributed by atoms with Crippen molar-refractivity contribution in [2.24, 2.45) is 11.3 Å². The standard InChI is InChI=1S/C24H27N5.2C2H6/c1-17-5-10-29(11-6-17)22-13-20(4-9-27-22)28-21-12-19(3-2-18(21)14-25)24(16-26)15-23(24)7-8-23;2*1-2/h2-4,9,12-14,17,25H,5-8,10-11,15H2,1H3,(H,27,28);2*1-2H3. The average molecular weight is 446 g/mol. The molecule has 2 aromatic rings. The van der Waals surface area contributed by atoms with Crippen LogP contribution >= 0.6 is 0 Å². The van der Waals surface area contributed by atoms with Crippen LogP contribution in [0.4, 0.5) is 17.2 Å². The minimum absolute atomic E-state index is 0.237. The maximum absolute atomic E-state index is 9.86. The van der Waals surface area contributed by atoms with Crippen LogP contribution in [0.15, 0.2) is 36.5 Å². The second-order valence-corrected chi connectivity index (χ2v) is 9.12. The maximum Gasteiger partial charge on any atom is 0.130 e. The van der Waals surface area contributed by atoms with E-state index in [2.05, 4.69) is 40.3 Å². The monoisotopic (exact) mass is 445 g/mol. The third-order valence-corrected chi connectivity index (χ3v) is 7.26. The minimum atomic E-state index is -0.322. The molecule has 1 spiro atoms. The summed E-state index contributed by atoms with van der Waals surface area (Å²) in [6, 6.07) is 12.7. The van der Waals surface area contributed by atoms with Crippen molar-refractivity contribution in [3.63, 3.8) is 0 Å². The van der Waals surface area contributed by atoms with Gasteiger partial charge in [0.05, 0.1) is 11.5 Å². The van der Waals surface area contributed by atoms with Crippen LogP contribution in [0, 0.1) is 28.1 Å². The number of rotatable bonds is 5. The van der Waals surface area contributed by atoms with Gasteiger partial charge >= 0.3 is 0 Å². The molecule has 2 N–H and O–H groups in total. The SMILES string of the molecule is CC.CC.CC1CCN(c2cc(Nc3cc(C4(C#N)CC45CC5)ccc3C=N)ccn2)CC1. The van der Waals surface area contributed by atoms with E-state index in [0.717, 1.165) is 66.6 Å².